The van der Waals surface area contributed by atoms with E-state index in [0.717, 1.165) is 11.1 Å². The van der Waals surface area contributed by atoms with Gasteiger partial charge in [0.25, 0.3) is 5.91 Å². The third-order valence-corrected chi connectivity index (χ3v) is 4.42. The Hall–Kier alpha value is -4.06. The molecule has 6 nitrogen and oxygen atoms in total. The molecule has 3 aromatic carbocycles. The van der Waals surface area contributed by atoms with Gasteiger partial charge < -0.3 is 19.9 Å². The van der Waals surface area contributed by atoms with Crippen molar-refractivity contribution in [3.05, 3.63) is 89.0 Å². The van der Waals surface area contributed by atoms with Crippen LogP contribution in [0.15, 0.2) is 66.7 Å². The number of carboxylic acid groups (broad SMARTS) is 1. The largest absolute Gasteiger partial charge is 0.478 e. The molecule has 0 fully saturated rings. The van der Waals surface area contributed by atoms with Gasteiger partial charge in [0.1, 0.15) is 0 Å². The lowest BCUT2D eigenvalue weighted by atomic mass is 10.1. The molecule has 1 aliphatic heterocycles. The van der Waals surface area contributed by atoms with Gasteiger partial charge in [0.2, 0.25) is 6.79 Å². The summed E-state index contributed by atoms with van der Waals surface area (Å²) in [6.45, 7) is 0.212. The Morgan fingerprint density at radius 3 is 2.31 bits per heavy atom. The summed E-state index contributed by atoms with van der Waals surface area (Å²) < 4.78 is 10.7. The lowest BCUT2D eigenvalue weighted by Crippen LogP contribution is -2.14. The standard InChI is InChI=1S/C23H17NO5/c25-22(17-4-2-1-3-5-17)24-19-12-15(8-10-18(19)23(26)27)6-7-16-9-11-20-21(13-16)29-14-28-20/h1-13H,14H2,(H,24,25)(H,26,27). The first-order chi connectivity index (χ1) is 14.1. The van der Waals surface area contributed by atoms with Crippen LogP contribution in [0.25, 0.3) is 12.2 Å². The van der Waals surface area contributed by atoms with Gasteiger partial charge in [0.15, 0.2) is 11.5 Å². The second-order valence-corrected chi connectivity index (χ2v) is 6.38. The van der Waals surface area contributed by atoms with Crippen molar-refractivity contribution in [2.45, 2.75) is 0 Å². The minimum Gasteiger partial charge on any atom is -0.478 e. The van der Waals surface area contributed by atoms with E-state index in [-0.39, 0.29) is 24.0 Å². The molecule has 0 spiro atoms. The lowest BCUT2D eigenvalue weighted by Gasteiger charge is -2.10. The van der Waals surface area contributed by atoms with E-state index in [0.29, 0.717) is 17.1 Å². The fourth-order valence-corrected chi connectivity index (χ4v) is 2.95. The van der Waals surface area contributed by atoms with E-state index in [2.05, 4.69) is 5.32 Å². The zero-order valence-corrected chi connectivity index (χ0v) is 15.3. The van der Waals surface area contributed by atoms with Crippen LogP contribution in [0.4, 0.5) is 5.69 Å². The van der Waals surface area contributed by atoms with E-state index in [4.69, 9.17) is 9.47 Å². The van der Waals surface area contributed by atoms with Crippen LogP contribution in [0, 0.1) is 0 Å². The highest BCUT2D eigenvalue weighted by Gasteiger charge is 2.14. The highest BCUT2D eigenvalue weighted by molar-refractivity contribution is 6.08. The number of amides is 1. The van der Waals surface area contributed by atoms with Gasteiger partial charge in [0, 0.05) is 5.56 Å². The fraction of sp³-hybridized carbons (Fsp3) is 0.0435. The molecule has 0 aromatic heterocycles. The van der Waals surface area contributed by atoms with Crippen molar-refractivity contribution in [3.8, 4) is 11.5 Å². The van der Waals surface area contributed by atoms with E-state index in [1.165, 1.54) is 6.07 Å². The van der Waals surface area contributed by atoms with Gasteiger partial charge in [0.05, 0.1) is 11.3 Å². The maximum Gasteiger partial charge on any atom is 0.337 e. The molecule has 1 aliphatic rings. The van der Waals surface area contributed by atoms with E-state index in [9.17, 15) is 14.7 Å². The molecule has 4 rings (SSSR count). The number of hydrogen-bond acceptors (Lipinski definition) is 4. The SMILES string of the molecule is O=C(Nc1cc(C=Cc2ccc3c(c2)OCO3)ccc1C(=O)O)c1ccccc1. The smallest absolute Gasteiger partial charge is 0.337 e. The molecule has 144 valence electrons. The molecule has 1 heterocycles. The van der Waals surface area contributed by atoms with Crippen LogP contribution in [0.3, 0.4) is 0 Å². The third kappa shape index (κ3) is 4.11. The van der Waals surface area contributed by atoms with Gasteiger partial charge in [-0.2, -0.15) is 0 Å². The normalized spacial score (nSPS) is 12.1. The zero-order valence-electron chi connectivity index (χ0n) is 15.3. The Balaban J connectivity index is 1.59. The average Bonchev–Trinajstić information content (AvgIpc) is 3.20. The molecule has 0 saturated heterocycles. The number of anilines is 1. The number of carbonyl (C=O) groups excluding carboxylic acids is 1. The average molecular weight is 387 g/mol. The maximum absolute atomic E-state index is 12.4. The molecular formula is C23H17NO5. The molecule has 3 aromatic rings. The number of benzene rings is 3. The van der Waals surface area contributed by atoms with Gasteiger partial charge in [-0.1, -0.05) is 42.5 Å². The highest BCUT2D eigenvalue weighted by atomic mass is 16.7. The number of carbonyl (C=O) groups is 2. The van der Waals surface area contributed by atoms with Crippen molar-refractivity contribution in [3.63, 3.8) is 0 Å². The quantitative estimate of drug-likeness (QED) is 0.628. The van der Waals surface area contributed by atoms with Gasteiger partial charge >= 0.3 is 5.97 Å². The summed E-state index contributed by atoms with van der Waals surface area (Å²) in [6, 6.07) is 19.0. The first-order valence-corrected chi connectivity index (χ1v) is 8.91. The van der Waals surface area contributed by atoms with Gasteiger partial charge in [-0.3, -0.25) is 4.79 Å². The van der Waals surface area contributed by atoms with Crippen LogP contribution >= 0.6 is 0 Å². The number of nitrogens with one attached hydrogen (secondary N) is 1. The topological polar surface area (TPSA) is 84.9 Å². The molecule has 0 unspecified atom stereocenters. The van der Waals surface area contributed by atoms with Crippen molar-refractivity contribution >= 4 is 29.7 Å². The van der Waals surface area contributed by atoms with E-state index in [1.54, 1.807) is 42.5 Å². The predicted molar refractivity (Wildman–Crippen MR) is 109 cm³/mol. The summed E-state index contributed by atoms with van der Waals surface area (Å²) in [7, 11) is 0. The summed E-state index contributed by atoms with van der Waals surface area (Å²) in [5, 5.41) is 12.1. The number of hydrogen-bond donors (Lipinski definition) is 2. The van der Waals surface area contributed by atoms with E-state index >= 15 is 0 Å². The molecule has 0 bridgehead atoms. The number of fused-ring (bicyclic) bond motifs is 1. The zero-order chi connectivity index (χ0) is 20.2. The molecule has 0 radical (unpaired) electrons. The van der Waals surface area contributed by atoms with Gasteiger partial charge in [-0.25, -0.2) is 4.79 Å². The molecule has 0 atom stereocenters. The van der Waals surface area contributed by atoms with Crippen LogP contribution < -0.4 is 14.8 Å². The van der Waals surface area contributed by atoms with Crippen LogP contribution in [0.1, 0.15) is 31.8 Å². The summed E-state index contributed by atoms with van der Waals surface area (Å²) in [4.78, 5) is 24.0. The van der Waals surface area contributed by atoms with Crippen LogP contribution in [-0.4, -0.2) is 23.8 Å². The summed E-state index contributed by atoms with van der Waals surface area (Å²) in [5.74, 6) is -0.0901. The van der Waals surface area contributed by atoms with Crippen molar-refractivity contribution in [1.29, 1.82) is 0 Å². The Labute approximate surface area is 167 Å². The number of carboxylic acids is 1. The molecule has 6 heteroatoms. The monoisotopic (exact) mass is 387 g/mol. The molecule has 0 saturated carbocycles. The van der Waals surface area contributed by atoms with E-state index in [1.807, 2.05) is 30.4 Å². The Kier molecular flexibility index (Phi) is 4.99. The van der Waals surface area contributed by atoms with Crippen LogP contribution in [0.5, 0.6) is 11.5 Å². The van der Waals surface area contributed by atoms with Crippen molar-refractivity contribution < 1.29 is 24.2 Å². The first kappa shape index (κ1) is 18.3. The Morgan fingerprint density at radius 2 is 1.55 bits per heavy atom. The number of aromatic carboxylic acids is 1. The second-order valence-electron chi connectivity index (χ2n) is 6.38. The minimum atomic E-state index is -1.11. The summed E-state index contributed by atoms with van der Waals surface area (Å²) in [5.41, 5.74) is 2.36. The molecule has 0 aliphatic carbocycles. The first-order valence-electron chi connectivity index (χ1n) is 8.91. The second kappa shape index (κ2) is 7.90. The molecule has 29 heavy (non-hydrogen) atoms. The minimum absolute atomic E-state index is 0.0227. The lowest BCUT2D eigenvalue weighted by molar-refractivity contribution is 0.0698. The number of rotatable bonds is 5. The fourth-order valence-electron chi connectivity index (χ4n) is 2.95. The molecule has 2 N–H and O–H groups in total. The van der Waals surface area contributed by atoms with Crippen molar-refractivity contribution in [1.82, 2.24) is 0 Å². The Bertz CT molecular complexity index is 1110. The Morgan fingerprint density at radius 1 is 0.862 bits per heavy atom. The predicted octanol–water partition coefficient (Wildman–Crippen LogP) is 4.54. The van der Waals surface area contributed by atoms with Crippen molar-refractivity contribution in [2.24, 2.45) is 0 Å². The van der Waals surface area contributed by atoms with Gasteiger partial charge in [-0.15, -0.1) is 0 Å². The summed E-state index contributed by atoms with van der Waals surface area (Å²) >= 11 is 0. The van der Waals surface area contributed by atoms with Crippen LogP contribution in [0.2, 0.25) is 0 Å². The van der Waals surface area contributed by atoms with E-state index < -0.39 is 5.97 Å². The third-order valence-electron chi connectivity index (χ3n) is 4.42. The van der Waals surface area contributed by atoms with Gasteiger partial charge in [-0.05, 0) is 47.5 Å². The van der Waals surface area contributed by atoms with Crippen molar-refractivity contribution in [2.75, 3.05) is 12.1 Å². The van der Waals surface area contributed by atoms with Crippen LogP contribution in [-0.2, 0) is 0 Å². The molecular weight excluding hydrogens is 370 g/mol. The summed E-state index contributed by atoms with van der Waals surface area (Å²) in [6.07, 6.45) is 3.71. The highest BCUT2D eigenvalue weighted by Crippen LogP contribution is 2.33. The molecule has 1 amide bonds. The number of ether oxygens (including phenoxy) is 2. The maximum atomic E-state index is 12.4.